The molecule has 2 rings (SSSR count). The maximum Gasteiger partial charge on any atom is 0.128 e. The fraction of sp³-hybridized carbons (Fsp3) is 0.250. The molecule has 2 aromatic carbocycles. The molecular formula is C16H17FO3. The minimum Gasteiger partial charge on any atom is -0.490 e. The minimum absolute atomic E-state index is 0.00676. The lowest BCUT2D eigenvalue weighted by Crippen LogP contribution is -2.11. The number of benzene rings is 2. The first-order valence-electron chi connectivity index (χ1n) is 6.41. The quantitative estimate of drug-likeness (QED) is 0.882. The zero-order chi connectivity index (χ0) is 14.5. The predicted octanol–water partition coefficient (Wildman–Crippen LogP) is 2.99. The van der Waals surface area contributed by atoms with Crippen molar-refractivity contribution in [2.75, 3.05) is 6.61 Å². The summed E-state index contributed by atoms with van der Waals surface area (Å²) in [6, 6.07) is 13.0. The molecule has 2 aromatic rings. The van der Waals surface area contributed by atoms with Crippen molar-refractivity contribution in [3.05, 3.63) is 65.5 Å². The molecule has 0 saturated carbocycles. The highest BCUT2D eigenvalue weighted by Gasteiger charge is 2.13. The Morgan fingerprint density at radius 2 is 1.80 bits per heavy atom. The van der Waals surface area contributed by atoms with Gasteiger partial charge in [0.2, 0.25) is 0 Å². The van der Waals surface area contributed by atoms with E-state index >= 15 is 0 Å². The molecule has 20 heavy (non-hydrogen) atoms. The van der Waals surface area contributed by atoms with Gasteiger partial charge in [0.25, 0.3) is 0 Å². The van der Waals surface area contributed by atoms with Crippen LogP contribution in [-0.4, -0.2) is 16.8 Å². The SMILES string of the molecule is CC(O)c1ccc(F)cc1OCC(O)c1ccccc1. The van der Waals surface area contributed by atoms with E-state index in [1.165, 1.54) is 18.2 Å². The van der Waals surface area contributed by atoms with Gasteiger partial charge in [0.05, 0.1) is 6.10 Å². The topological polar surface area (TPSA) is 49.7 Å². The van der Waals surface area contributed by atoms with E-state index < -0.39 is 18.0 Å². The van der Waals surface area contributed by atoms with Crippen LogP contribution in [0.4, 0.5) is 4.39 Å². The van der Waals surface area contributed by atoms with Gasteiger partial charge >= 0.3 is 0 Å². The Balaban J connectivity index is 2.09. The van der Waals surface area contributed by atoms with Gasteiger partial charge in [-0.1, -0.05) is 30.3 Å². The molecule has 0 aliphatic carbocycles. The number of aliphatic hydroxyl groups is 2. The summed E-state index contributed by atoms with van der Waals surface area (Å²) in [5.74, 6) is -0.200. The van der Waals surface area contributed by atoms with Crippen molar-refractivity contribution >= 4 is 0 Å². The van der Waals surface area contributed by atoms with Crippen LogP contribution in [-0.2, 0) is 0 Å². The van der Waals surface area contributed by atoms with Gasteiger partial charge in [0.15, 0.2) is 0 Å². The average Bonchev–Trinajstić information content (AvgIpc) is 2.45. The highest BCUT2D eigenvalue weighted by atomic mass is 19.1. The largest absolute Gasteiger partial charge is 0.490 e. The van der Waals surface area contributed by atoms with Crippen molar-refractivity contribution in [1.82, 2.24) is 0 Å². The van der Waals surface area contributed by atoms with Gasteiger partial charge in [-0.05, 0) is 24.6 Å². The summed E-state index contributed by atoms with van der Waals surface area (Å²) in [5.41, 5.74) is 1.22. The number of rotatable bonds is 5. The Kier molecular flexibility index (Phi) is 4.71. The van der Waals surface area contributed by atoms with Crippen molar-refractivity contribution in [3.63, 3.8) is 0 Å². The van der Waals surface area contributed by atoms with E-state index in [0.717, 1.165) is 5.56 Å². The van der Waals surface area contributed by atoms with Crippen LogP contribution in [0.1, 0.15) is 30.3 Å². The number of halogens is 1. The van der Waals surface area contributed by atoms with Crippen molar-refractivity contribution in [2.24, 2.45) is 0 Å². The van der Waals surface area contributed by atoms with Gasteiger partial charge in [-0.25, -0.2) is 4.39 Å². The monoisotopic (exact) mass is 276 g/mol. The summed E-state index contributed by atoms with van der Waals surface area (Å²) in [7, 11) is 0. The second kappa shape index (κ2) is 6.50. The maximum atomic E-state index is 13.2. The van der Waals surface area contributed by atoms with Crippen molar-refractivity contribution in [2.45, 2.75) is 19.1 Å². The van der Waals surface area contributed by atoms with E-state index in [4.69, 9.17) is 4.74 Å². The molecular weight excluding hydrogens is 259 g/mol. The maximum absolute atomic E-state index is 13.2. The summed E-state index contributed by atoms with van der Waals surface area (Å²) >= 11 is 0. The van der Waals surface area contributed by atoms with Gasteiger partial charge < -0.3 is 14.9 Å². The minimum atomic E-state index is -0.804. The average molecular weight is 276 g/mol. The molecule has 0 spiro atoms. The second-order valence-electron chi connectivity index (χ2n) is 4.60. The van der Waals surface area contributed by atoms with Crippen LogP contribution in [0.3, 0.4) is 0 Å². The lowest BCUT2D eigenvalue weighted by molar-refractivity contribution is 0.104. The molecule has 2 unspecified atom stereocenters. The Bertz CT molecular complexity index is 555. The van der Waals surface area contributed by atoms with Crippen LogP contribution in [0.25, 0.3) is 0 Å². The zero-order valence-electron chi connectivity index (χ0n) is 11.2. The van der Waals surface area contributed by atoms with Gasteiger partial charge in [-0.15, -0.1) is 0 Å². The van der Waals surface area contributed by atoms with E-state index in [1.54, 1.807) is 19.1 Å². The lowest BCUT2D eigenvalue weighted by Gasteiger charge is -2.16. The molecule has 0 aliphatic rings. The Labute approximate surface area is 117 Å². The third kappa shape index (κ3) is 3.56. The smallest absolute Gasteiger partial charge is 0.128 e. The van der Waals surface area contributed by atoms with Crippen LogP contribution in [0.15, 0.2) is 48.5 Å². The Morgan fingerprint density at radius 3 is 2.45 bits per heavy atom. The van der Waals surface area contributed by atoms with E-state index in [1.807, 2.05) is 18.2 Å². The van der Waals surface area contributed by atoms with Crippen molar-refractivity contribution in [1.29, 1.82) is 0 Å². The summed E-state index contributed by atoms with van der Waals surface area (Å²) < 4.78 is 18.7. The first kappa shape index (κ1) is 14.5. The number of ether oxygens (including phenoxy) is 1. The molecule has 0 saturated heterocycles. The molecule has 0 bridgehead atoms. The molecule has 106 valence electrons. The predicted molar refractivity (Wildman–Crippen MR) is 73.9 cm³/mol. The molecule has 3 nitrogen and oxygen atoms in total. The highest BCUT2D eigenvalue weighted by Crippen LogP contribution is 2.27. The van der Waals surface area contributed by atoms with E-state index in [0.29, 0.717) is 5.56 Å². The third-order valence-electron chi connectivity index (χ3n) is 3.01. The first-order valence-corrected chi connectivity index (χ1v) is 6.41. The fourth-order valence-corrected chi connectivity index (χ4v) is 1.92. The summed E-state index contributed by atoms with van der Waals surface area (Å²) in [5, 5.41) is 19.6. The summed E-state index contributed by atoms with van der Waals surface area (Å²) in [6.07, 6.45) is -1.57. The molecule has 2 atom stereocenters. The van der Waals surface area contributed by atoms with Gasteiger partial charge in [0, 0.05) is 11.6 Å². The molecule has 0 amide bonds. The van der Waals surface area contributed by atoms with Crippen molar-refractivity contribution in [3.8, 4) is 5.75 Å². The number of aliphatic hydroxyl groups excluding tert-OH is 2. The van der Waals surface area contributed by atoms with E-state index in [-0.39, 0.29) is 12.4 Å². The highest BCUT2D eigenvalue weighted by molar-refractivity contribution is 5.35. The molecule has 0 aliphatic heterocycles. The standard InChI is InChI=1S/C16H17FO3/c1-11(18)14-8-7-13(17)9-16(14)20-10-15(19)12-5-3-2-4-6-12/h2-9,11,15,18-19H,10H2,1H3. The zero-order valence-corrected chi connectivity index (χ0v) is 11.2. The summed E-state index contributed by atoms with van der Waals surface area (Å²) in [6.45, 7) is 1.57. The van der Waals surface area contributed by atoms with Crippen LogP contribution >= 0.6 is 0 Å². The van der Waals surface area contributed by atoms with Crippen LogP contribution in [0, 0.1) is 5.82 Å². The first-order chi connectivity index (χ1) is 9.58. The molecule has 0 aromatic heterocycles. The van der Waals surface area contributed by atoms with Crippen molar-refractivity contribution < 1.29 is 19.3 Å². The third-order valence-corrected chi connectivity index (χ3v) is 3.01. The molecule has 0 radical (unpaired) electrons. The van der Waals surface area contributed by atoms with Gasteiger partial charge in [0.1, 0.15) is 24.3 Å². The Morgan fingerprint density at radius 1 is 1.10 bits per heavy atom. The lowest BCUT2D eigenvalue weighted by atomic mass is 10.1. The molecule has 0 fully saturated rings. The summed E-state index contributed by atoms with van der Waals surface area (Å²) in [4.78, 5) is 0. The Hall–Kier alpha value is -1.91. The number of hydrogen-bond donors (Lipinski definition) is 2. The molecule has 4 heteroatoms. The van der Waals surface area contributed by atoms with Crippen LogP contribution in [0.5, 0.6) is 5.75 Å². The van der Waals surface area contributed by atoms with Gasteiger partial charge in [-0.2, -0.15) is 0 Å². The van der Waals surface area contributed by atoms with Crippen LogP contribution in [0.2, 0.25) is 0 Å². The molecule has 0 heterocycles. The van der Waals surface area contributed by atoms with E-state index in [2.05, 4.69) is 0 Å². The van der Waals surface area contributed by atoms with Gasteiger partial charge in [-0.3, -0.25) is 0 Å². The fourth-order valence-electron chi connectivity index (χ4n) is 1.92. The second-order valence-corrected chi connectivity index (χ2v) is 4.60. The normalized spacial score (nSPS) is 13.8. The van der Waals surface area contributed by atoms with E-state index in [9.17, 15) is 14.6 Å². The van der Waals surface area contributed by atoms with Crippen LogP contribution < -0.4 is 4.74 Å². The molecule has 2 N–H and O–H groups in total. The number of hydrogen-bond acceptors (Lipinski definition) is 3.